The Bertz CT molecular complexity index is 1350. The lowest BCUT2D eigenvalue weighted by atomic mass is 9.95. The van der Waals surface area contributed by atoms with Crippen molar-refractivity contribution in [2.45, 2.75) is 43.6 Å². The average molecular weight is 480 g/mol. The molecular weight excluding hydrogens is 455 g/mol. The second-order valence-corrected chi connectivity index (χ2v) is 8.80. The Kier molecular flexibility index (Phi) is 6.06. The molecule has 4 aromatic rings. The molecule has 0 amide bonds. The number of alkyl halides is 3. The van der Waals surface area contributed by atoms with Gasteiger partial charge in [-0.3, -0.25) is 4.79 Å². The van der Waals surface area contributed by atoms with E-state index in [-0.39, 0.29) is 36.4 Å². The fourth-order valence-corrected chi connectivity index (χ4v) is 4.77. The van der Waals surface area contributed by atoms with Crippen LogP contribution in [-0.2, 0) is 0 Å². The van der Waals surface area contributed by atoms with Crippen molar-refractivity contribution in [3.05, 3.63) is 95.7 Å². The molecule has 1 aliphatic rings. The van der Waals surface area contributed by atoms with Crippen LogP contribution in [0.15, 0.2) is 79.0 Å². The number of hydrogen-bond acceptors (Lipinski definition) is 4. The van der Waals surface area contributed by atoms with Gasteiger partial charge in [-0.15, -0.1) is 0 Å². The number of aromatic nitrogens is 2. The molecule has 0 saturated heterocycles. The minimum Gasteiger partial charge on any atom is -0.388 e. The summed E-state index contributed by atoms with van der Waals surface area (Å²) in [4.78, 5) is 13.1. The van der Waals surface area contributed by atoms with E-state index in [1.165, 1.54) is 6.20 Å². The van der Waals surface area contributed by atoms with Crippen LogP contribution in [0.5, 0.6) is 0 Å². The fourth-order valence-electron chi connectivity index (χ4n) is 4.77. The van der Waals surface area contributed by atoms with Crippen LogP contribution in [0, 0.1) is 0 Å². The number of fused-ring (bicyclic) bond motifs is 2. The van der Waals surface area contributed by atoms with Crippen molar-refractivity contribution < 1.29 is 23.1 Å². The minimum atomic E-state index is -4.51. The Morgan fingerprint density at radius 3 is 2.54 bits per heavy atom. The lowest BCUT2D eigenvalue weighted by Crippen LogP contribution is -2.36. The molecule has 0 fully saturated rings. The van der Waals surface area contributed by atoms with Crippen molar-refractivity contribution in [1.82, 2.24) is 9.78 Å². The largest absolute Gasteiger partial charge is 0.410 e. The summed E-state index contributed by atoms with van der Waals surface area (Å²) in [7, 11) is 0. The molecule has 180 valence electrons. The fraction of sp³-hybridized carbons (Fsp3) is 0.259. The predicted octanol–water partition coefficient (Wildman–Crippen LogP) is 6.39. The van der Waals surface area contributed by atoms with Gasteiger partial charge in [-0.05, 0) is 28.3 Å². The number of carbonyl (C=O) groups excluding carboxylic acids is 1. The van der Waals surface area contributed by atoms with Crippen molar-refractivity contribution in [2.75, 3.05) is 5.32 Å². The van der Waals surface area contributed by atoms with Gasteiger partial charge < -0.3 is 10.4 Å². The summed E-state index contributed by atoms with van der Waals surface area (Å²) in [6.07, 6.45) is -4.32. The van der Waals surface area contributed by atoms with Crippen LogP contribution in [0.4, 0.5) is 19.0 Å². The van der Waals surface area contributed by atoms with Crippen molar-refractivity contribution >= 4 is 22.4 Å². The Balaban J connectivity index is 1.38. The number of Topliss-reactive ketones (excluding diaryl/α,β-unsaturated/α-hetero) is 1. The number of carbonyl (C=O) groups is 1. The number of benzene rings is 3. The SMILES string of the molecule is O=C(CCC(O)c1cccc2ccccc12)c1cnn2c1N[C@H](c1ccccc1)C[C@@H]2C(F)(F)F. The van der Waals surface area contributed by atoms with E-state index in [4.69, 9.17) is 0 Å². The molecule has 8 heteroatoms. The number of aliphatic hydroxyl groups is 1. The summed E-state index contributed by atoms with van der Waals surface area (Å²) in [5.41, 5.74) is 1.52. The molecule has 3 atom stereocenters. The smallest absolute Gasteiger partial charge is 0.388 e. The molecular formula is C27H24F3N3O2. The minimum absolute atomic E-state index is 0.0303. The molecule has 2 N–H and O–H groups in total. The van der Waals surface area contributed by atoms with E-state index in [1.807, 2.05) is 42.5 Å². The van der Waals surface area contributed by atoms with Crippen LogP contribution in [0.3, 0.4) is 0 Å². The van der Waals surface area contributed by atoms with E-state index >= 15 is 0 Å². The van der Waals surface area contributed by atoms with Crippen molar-refractivity contribution in [2.24, 2.45) is 0 Å². The zero-order valence-corrected chi connectivity index (χ0v) is 18.7. The third-order valence-corrected chi connectivity index (χ3v) is 6.57. The summed E-state index contributed by atoms with van der Waals surface area (Å²) in [6.45, 7) is 0. The van der Waals surface area contributed by atoms with Gasteiger partial charge in [0.2, 0.25) is 0 Å². The third kappa shape index (κ3) is 4.53. The van der Waals surface area contributed by atoms with Gasteiger partial charge in [-0.1, -0.05) is 72.8 Å². The zero-order chi connectivity index (χ0) is 24.6. The quantitative estimate of drug-likeness (QED) is 0.314. The van der Waals surface area contributed by atoms with Crippen LogP contribution in [0.1, 0.15) is 58.9 Å². The maximum absolute atomic E-state index is 13.9. The number of ketones is 1. The molecule has 0 bridgehead atoms. The predicted molar refractivity (Wildman–Crippen MR) is 127 cm³/mol. The summed E-state index contributed by atoms with van der Waals surface area (Å²) in [6, 6.07) is 19.7. The van der Waals surface area contributed by atoms with Gasteiger partial charge in [0.15, 0.2) is 11.8 Å². The topological polar surface area (TPSA) is 67.1 Å². The highest BCUT2D eigenvalue weighted by molar-refractivity contribution is 6.00. The lowest BCUT2D eigenvalue weighted by Gasteiger charge is -2.34. The normalized spacial score (nSPS) is 18.6. The van der Waals surface area contributed by atoms with Gasteiger partial charge >= 0.3 is 6.18 Å². The van der Waals surface area contributed by atoms with Gasteiger partial charge in [0.05, 0.1) is 23.9 Å². The number of rotatable bonds is 6. The molecule has 3 aromatic carbocycles. The number of hydrogen-bond donors (Lipinski definition) is 2. The maximum atomic E-state index is 13.9. The van der Waals surface area contributed by atoms with Gasteiger partial charge in [0, 0.05) is 12.8 Å². The lowest BCUT2D eigenvalue weighted by molar-refractivity contribution is -0.173. The standard InChI is InChI=1S/C27H24F3N3O2/c28-27(29,30)25-15-22(18-8-2-1-3-9-18)32-26-21(16-31-33(25)26)24(35)14-13-23(34)20-12-6-10-17-7-4-5-11-19(17)20/h1-12,16,22-23,25,32,34H,13-15H2/t22-,23?,25+/m0/s1. The highest BCUT2D eigenvalue weighted by atomic mass is 19.4. The van der Waals surface area contributed by atoms with E-state index in [0.29, 0.717) is 11.1 Å². The molecule has 1 aliphatic heterocycles. The first-order valence-electron chi connectivity index (χ1n) is 11.5. The van der Waals surface area contributed by atoms with Gasteiger partial charge in [-0.25, -0.2) is 4.68 Å². The Morgan fingerprint density at radius 1 is 1.06 bits per heavy atom. The first-order valence-corrected chi connectivity index (χ1v) is 11.5. The molecule has 1 aromatic heterocycles. The number of anilines is 1. The number of halogens is 3. The Labute approximate surface area is 200 Å². The van der Waals surface area contributed by atoms with E-state index in [9.17, 15) is 23.1 Å². The molecule has 5 rings (SSSR count). The molecule has 0 saturated carbocycles. The van der Waals surface area contributed by atoms with E-state index < -0.39 is 24.4 Å². The van der Waals surface area contributed by atoms with Crippen LogP contribution < -0.4 is 5.32 Å². The summed E-state index contributed by atoms with van der Waals surface area (Å²) in [5.74, 6) is -0.301. The Morgan fingerprint density at radius 2 is 1.77 bits per heavy atom. The van der Waals surface area contributed by atoms with Crippen molar-refractivity contribution in [1.29, 1.82) is 0 Å². The second kappa shape index (κ2) is 9.19. The summed E-state index contributed by atoms with van der Waals surface area (Å²) < 4.78 is 42.5. The molecule has 35 heavy (non-hydrogen) atoms. The van der Waals surface area contributed by atoms with E-state index in [1.54, 1.807) is 30.3 Å². The van der Waals surface area contributed by atoms with Gasteiger partial charge in [-0.2, -0.15) is 18.3 Å². The zero-order valence-electron chi connectivity index (χ0n) is 18.7. The van der Waals surface area contributed by atoms with E-state index in [2.05, 4.69) is 10.4 Å². The van der Waals surface area contributed by atoms with Crippen molar-refractivity contribution in [3.8, 4) is 0 Å². The number of nitrogens with zero attached hydrogens (tertiary/aromatic N) is 2. The first kappa shape index (κ1) is 23.1. The van der Waals surface area contributed by atoms with Crippen LogP contribution >= 0.6 is 0 Å². The van der Waals surface area contributed by atoms with Gasteiger partial charge in [0.25, 0.3) is 0 Å². The number of aliphatic hydroxyl groups excluding tert-OH is 1. The second-order valence-electron chi connectivity index (χ2n) is 8.80. The van der Waals surface area contributed by atoms with Crippen LogP contribution in [-0.4, -0.2) is 26.8 Å². The molecule has 0 aliphatic carbocycles. The summed E-state index contributed by atoms with van der Waals surface area (Å²) >= 11 is 0. The van der Waals surface area contributed by atoms with Crippen molar-refractivity contribution in [3.63, 3.8) is 0 Å². The number of nitrogens with one attached hydrogen (secondary N) is 1. The molecule has 0 radical (unpaired) electrons. The maximum Gasteiger partial charge on any atom is 0.410 e. The average Bonchev–Trinajstić information content (AvgIpc) is 3.30. The Hall–Kier alpha value is -3.65. The molecule has 2 heterocycles. The molecule has 5 nitrogen and oxygen atoms in total. The highest BCUT2D eigenvalue weighted by Gasteiger charge is 2.47. The van der Waals surface area contributed by atoms with Crippen LogP contribution in [0.25, 0.3) is 10.8 Å². The highest BCUT2D eigenvalue weighted by Crippen LogP contribution is 2.44. The summed E-state index contributed by atoms with van der Waals surface area (Å²) in [5, 5.41) is 19.7. The third-order valence-electron chi connectivity index (χ3n) is 6.57. The van der Waals surface area contributed by atoms with Crippen LogP contribution in [0.2, 0.25) is 0 Å². The first-order chi connectivity index (χ1) is 16.8. The van der Waals surface area contributed by atoms with Gasteiger partial charge in [0.1, 0.15) is 5.82 Å². The molecule has 0 spiro atoms. The van der Waals surface area contributed by atoms with E-state index in [0.717, 1.165) is 15.5 Å². The monoisotopic (exact) mass is 479 g/mol. The molecule has 1 unspecified atom stereocenters.